The predicted octanol–water partition coefficient (Wildman–Crippen LogP) is 7.11. The number of hydrogen-bond donors (Lipinski definition) is 2. The third-order valence-corrected chi connectivity index (χ3v) is 5.92. The summed E-state index contributed by atoms with van der Waals surface area (Å²) in [5.41, 5.74) is 1.44. The van der Waals surface area contributed by atoms with Crippen molar-refractivity contribution in [2.24, 2.45) is 0 Å². The van der Waals surface area contributed by atoms with Crippen LogP contribution in [-0.4, -0.2) is 37.6 Å². The van der Waals surface area contributed by atoms with E-state index < -0.39 is 11.8 Å². The molecule has 0 bridgehead atoms. The van der Waals surface area contributed by atoms with Gasteiger partial charge in [0.25, 0.3) is 0 Å². The maximum absolute atomic E-state index is 14.8. The first kappa shape index (κ1) is 25.8. The number of fused-ring (bicyclic) bond motifs is 1. The summed E-state index contributed by atoms with van der Waals surface area (Å²) >= 11 is 1.55. The smallest absolute Gasteiger partial charge is 0.323 e. The number of ether oxygens (including phenoxy) is 3. The highest BCUT2D eigenvalue weighted by atomic mass is 32.2. The molecule has 0 atom stereocenters. The SMILES string of the molecule is [C-]#[N+]c1cc2c(Oc3ccc(NC(=O)Nc4cccc(SC)c4)c(F)c3)ccnc2cc1OCCOC. The van der Waals surface area contributed by atoms with E-state index >= 15 is 0 Å². The minimum atomic E-state index is -0.667. The van der Waals surface area contributed by atoms with Gasteiger partial charge in [-0.05, 0) is 54.8 Å². The number of methoxy groups -OCH3 is 1. The molecule has 0 aliphatic carbocycles. The van der Waals surface area contributed by atoms with Crippen LogP contribution < -0.4 is 20.1 Å². The number of halogens is 1. The first-order chi connectivity index (χ1) is 18.0. The fourth-order valence-corrected chi connectivity index (χ4v) is 3.90. The monoisotopic (exact) mass is 518 g/mol. The standard InChI is InChI=1S/C27H23FN4O4S/c1-29-24-15-20-23(16-26(24)35-12-11-34-2)30-10-9-25(20)36-18-7-8-22(21(28)14-18)32-27(33)31-17-5-4-6-19(13-17)37-3/h4-10,13-16H,11-12H2,2-3H3,(H2,31,32,33). The van der Waals surface area contributed by atoms with E-state index in [1.807, 2.05) is 24.5 Å². The number of anilines is 2. The van der Waals surface area contributed by atoms with Crippen LogP contribution >= 0.6 is 11.8 Å². The van der Waals surface area contributed by atoms with Gasteiger partial charge in [-0.3, -0.25) is 4.98 Å². The summed E-state index contributed by atoms with van der Waals surface area (Å²) in [6, 6.07) is 15.8. The summed E-state index contributed by atoms with van der Waals surface area (Å²) in [6.07, 6.45) is 3.49. The number of nitrogens with one attached hydrogen (secondary N) is 2. The van der Waals surface area contributed by atoms with E-state index in [0.717, 1.165) is 4.90 Å². The van der Waals surface area contributed by atoms with Gasteiger partial charge in [-0.2, -0.15) is 0 Å². The number of aromatic nitrogens is 1. The molecule has 0 radical (unpaired) electrons. The molecule has 1 aromatic heterocycles. The van der Waals surface area contributed by atoms with Crippen molar-refractivity contribution < 1.29 is 23.4 Å². The Balaban J connectivity index is 1.50. The zero-order valence-corrected chi connectivity index (χ0v) is 20.9. The Morgan fingerprint density at radius 3 is 2.70 bits per heavy atom. The van der Waals surface area contributed by atoms with Gasteiger partial charge in [0, 0.05) is 35.3 Å². The maximum atomic E-state index is 14.8. The van der Waals surface area contributed by atoms with Crippen molar-refractivity contribution in [3.63, 3.8) is 0 Å². The summed E-state index contributed by atoms with van der Waals surface area (Å²) in [4.78, 5) is 21.2. The predicted molar refractivity (Wildman–Crippen MR) is 143 cm³/mol. The molecule has 2 amide bonds. The maximum Gasteiger partial charge on any atom is 0.323 e. The van der Waals surface area contributed by atoms with Crippen molar-refractivity contribution in [3.05, 3.63) is 84.1 Å². The molecule has 188 valence electrons. The normalized spacial score (nSPS) is 10.5. The van der Waals surface area contributed by atoms with E-state index in [1.54, 1.807) is 49.3 Å². The van der Waals surface area contributed by atoms with Crippen LogP contribution in [0.3, 0.4) is 0 Å². The summed E-state index contributed by atoms with van der Waals surface area (Å²) < 4.78 is 31.3. The number of rotatable bonds is 9. The molecule has 0 unspecified atom stereocenters. The van der Waals surface area contributed by atoms with Crippen molar-refractivity contribution in [2.75, 3.05) is 37.2 Å². The van der Waals surface area contributed by atoms with Crippen LogP contribution in [0.1, 0.15) is 0 Å². The lowest BCUT2D eigenvalue weighted by Crippen LogP contribution is -2.20. The molecule has 4 aromatic rings. The van der Waals surface area contributed by atoms with Crippen LogP contribution in [0.4, 0.5) is 26.2 Å². The average molecular weight is 519 g/mol. The Morgan fingerprint density at radius 1 is 1.08 bits per heavy atom. The molecular weight excluding hydrogens is 495 g/mol. The van der Waals surface area contributed by atoms with Crippen molar-refractivity contribution in [1.29, 1.82) is 0 Å². The van der Waals surface area contributed by atoms with Crippen LogP contribution in [0, 0.1) is 12.4 Å². The van der Waals surface area contributed by atoms with Gasteiger partial charge in [0.2, 0.25) is 5.69 Å². The largest absolute Gasteiger partial charge is 0.502 e. The molecule has 0 saturated carbocycles. The second-order valence-electron chi connectivity index (χ2n) is 7.65. The number of benzene rings is 3. The summed E-state index contributed by atoms with van der Waals surface area (Å²) in [7, 11) is 1.57. The lowest BCUT2D eigenvalue weighted by Gasteiger charge is -2.13. The van der Waals surface area contributed by atoms with Gasteiger partial charge in [-0.25, -0.2) is 14.0 Å². The van der Waals surface area contributed by atoms with E-state index in [1.165, 1.54) is 18.2 Å². The third-order valence-electron chi connectivity index (χ3n) is 5.19. The molecule has 0 aliphatic heterocycles. The molecule has 8 nitrogen and oxygen atoms in total. The minimum absolute atomic E-state index is 0.00130. The molecule has 37 heavy (non-hydrogen) atoms. The van der Waals surface area contributed by atoms with Gasteiger partial charge in [-0.15, -0.1) is 11.8 Å². The van der Waals surface area contributed by atoms with Crippen molar-refractivity contribution >= 4 is 45.8 Å². The highest BCUT2D eigenvalue weighted by Gasteiger charge is 2.13. The van der Waals surface area contributed by atoms with Gasteiger partial charge in [-0.1, -0.05) is 6.07 Å². The quantitative estimate of drug-likeness (QED) is 0.140. The summed E-state index contributed by atoms with van der Waals surface area (Å²) in [6.45, 7) is 8.17. The van der Waals surface area contributed by atoms with E-state index in [2.05, 4.69) is 20.5 Å². The highest BCUT2D eigenvalue weighted by molar-refractivity contribution is 7.98. The van der Waals surface area contributed by atoms with E-state index in [-0.39, 0.29) is 11.4 Å². The van der Waals surface area contributed by atoms with Gasteiger partial charge in [0.1, 0.15) is 29.7 Å². The molecule has 3 aromatic carbocycles. The van der Waals surface area contributed by atoms with E-state index in [4.69, 9.17) is 20.8 Å². The van der Waals surface area contributed by atoms with Crippen molar-refractivity contribution in [1.82, 2.24) is 4.98 Å². The first-order valence-electron chi connectivity index (χ1n) is 11.1. The second-order valence-corrected chi connectivity index (χ2v) is 8.53. The van der Waals surface area contributed by atoms with Crippen molar-refractivity contribution in [2.45, 2.75) is 4.90 Å². The number of nitrogens with zero attached hydrogens (tertiary/aromatic N) is 2. The average Bonchev–Trinajstić information content (AvgIpc) is 2.90. The molecule has 2 N–H and O–H groups in total. The summed E-state index contributed by atoms with van der Waals surface area (Å²) in [5.74, 6) is 0.335. The Kier molecular flexibility index (Phi) is 8.40. The fraction of sp³-hybridized carbons (Fsp3) is 0.148. The zero-order valence-electron chi connectivity index (χ0n) is 20.1. The van der Waals surface area contributed by atoms with Crippen LogP contribution in [-0.2, 0) is 4.74 Å². The second kappa shape index (κ2) is 12.1. The number of pyridine rings is 1. The first-order valence-corrected chi connectivity index (χ1v) is 12.3. The van der Waals surface area contributed by atoms with Gasteiger partial charge < -0.3 is 24.8 Å². The Morgan fingerprint density at radius 2 is 1.95 bits per heavy atom. The molecule has 0 aliphatic rings. The lowest BCUT2D eigenvalue weighted by molar-refractivity contribution is 0.147. The Labute approximate surface area is 217 Å². The van der Waals surface area contributed by atoms with Crippen LogP contribution in [0.5, 0.6) is 17.2 Å². The number of carbonyl (C=O) groups is 1. The molecule has 0 fully saturated rings. The zero-order chi connectivity index (χ0) is 26.2. The lowest BCUT2D eigenvalue weighted by atomic mass is 10.1. The minimum Gasteiger partial charge on any atom is -0.502 e. The van der Waals surface area contributed by atoms with Gasteiger partial charge in [0.05, 0.1) is 24.4 Å². The Hall–Kier alpha value is -4.33. The molecule has 1 heterocycles. The van der Waals surface area contributed by atoms with Crippen LogP contribution in [0.15, 0.2) is 71.8 Å². The van der Waals surface area contributed by atoms with E-state index in [0.29, 0.717) is 47.0 Å². The molecular formula is C27H23FN4O4S. The van der Waals surface area contributed by atoms with Gasteiger partial charge >= 0.3 is 6.03 Å². The molecule has 0 spiro atoms. The number of carbonyl (C=O) groups excluding carboxylic acids is 1. The highest BCUT2D eigenvalue weighted by Crippen LogP contribution is 2.37. The Bertz CT molecular complexity index is 1480. The number of urea groups is 1. The molecule has 4 rings (SSSR count). The van der Waals surface area contributed by atoms with Crippen LogP contribution in [0.2, 0.25) is 0 Å². The topological polar surface area (TPSA) is 86.1 Å². The molecule has 0 saturated heterocycles. The summed E-state index contributed by atoms with van der Waals surface area (Å²) in [5, 5.41) is 5.77. The molecule has 10 heteroatoms. The fourth-order valence-electron chi connectivity index (χ4n) is 3.44. The van der Waals surface area contributed by atoms with Crippen LogP contribution in [0.25, 0.3) is 15.7 Å². The van der Waals surface area contributed by atoms with Gasteiger partial charge in [0.15, 0.2) is 0 Å². The number of hydrogen-bond acceptors (Lipinski definition) is 6. The van der Waals surface area contributed by atoms with Crippen molar-refractivity contribution in [3.8, 4) is 17.2 Å². The number of amides is 2. The third kappa shape index (κ3) is 6.46. The van der Waals surface area contributed by atoms with E-state index in [9.17, 15) is 9.18 Å². The number of thioether (sulfide) groups is 1.